The molecule has 25 heavy (non-hydrogen) atoms. The van der Waals surface area contributed by atoms with Gasteiger partial charge >= 0.3 is 18.3 Å². The van der Waals surface area contributed by atoms with E-state index in [1.807, 2.05) is 0 Å². The van der Waals surface area contributed by atoms with Gasteiger partial charge in [-0.05, 0) is 44.4 Å². The number of esters is 1. The van der Waals surface area contributed by atoms with E-state index in [4.69, 9.17) is 9.47 Å². The number of carbonyl (C=O) groups excluding carboxylic acids is 1. The van der Waals surface area contributed by atoms with Crippen LogP contribution in [-0.4, -0.2) is 47.8 Å². The van der Waals surface area contributed by atoms with Gasteiger partial charge in [-0.25, -0.2) is 0 Å². The normalized spacial score (nSPS) is 22.8. The first-order valence-electron chi connectivity index (χ1n) is 8.08. The summed E-state index contributed by atoms with van der Waals surface area (Å²) in [5.74, 6) is -1.37. The van der Waals surface area contributed by atoms with Crippen LogP contribution < -0.4 is 0 Å². The number of rotatable bonds is 4. The lowest BCUT2D eigenvalue weighted by Gasteiger charge is -2.45. The fourth-order valence-electron chi connectivity index (χ4n) is 3.61. The molecular weight excluding hydrogens is 358 g/mol. The molecule has 0 aromatic heterocycles. The number of alkyl halides is 6. The van der Waals surface area contributed by atoms with Gasteiger partial charge in [-0.1, -0.05) is 0 Å². The maximum absolute atomic E-state index is 13.2. The van der Waals surface area contributed by atoms with Crippen molar-refractivity contribution in [1.82, 2.24) is 0 Å². The molecular formula is C15H20F6O4. The van der Waals surface area contributed by atoms with Crippen LogP contribution >= 0.6 is 0 Å². The van der Waals surface area contributed by atoms with Crippen molar-refractivity contribution in [2.45, 2.75) is 68.5 Å². The predicted molar refractivity (Wildman–Crippen MR) is 72.5 cm³/mol. The summed E-state index contributed by atoms with van der Waals surface area (Å²) in [5.41, 5.74) is -8.12. The lowest BCUT2D eigenvalue weighted by molar-refractivity contribution is -0.411. The summed E-state index contributed by atoms with van der Waals surface area (Å²) in [5, 5.41) is 9.74. The van der Waals surface area contributed by atoms with Crippen LogP contribution in [0.4, 0.5) is 26.3 Å². The van der Waals surface area contributed by atoms with Crippen LogP contribution in [-0.2, 0) is 14.3 Å². The van der Waals surface area contributed by atoms with E-state index in [1.54, 1.807) is 0 Å². The Hall–Kier alpha value is -1.03. The van der Waals surface area contributed by atoms with E-state index in [-0.39, 0.29) is 25.2 Å². The number of ether oxygens (including phenoxy) is 2. The molecule has 0 atom stereocenters. The molecule has 0 aromatic carbocycles. The van der Waals surface area contributed by atoms with Gasteiger partial charge in [0.25, 0.3) is 5.60 Å². The third kappa shape index (κ3) is 3.74. The second-order valence-corrected chi connectivity index (χ2v) is 6.64. The molecule has 1 aliphatic heterocycles. The number of hydrogen-bond acceptors (Lipinski definition) is 4. The molecule has 1 saturated heterocycles. The predicted octanol–water partition coefficient (Wildman–Crippen LogP) is 3.51. The molecule has 4 nitrogen and oxygen atoms in total. The van der Waals surface area contributed by atoms with E-state index < -0.39 is 42.4 Å². The van der Waals surface area contributed by atoms with Crippen LogP contribution in [0.2, 0.25) is 0 Å². The molecule has 2 rings (SSSR count). The molecule has 0 spiro atoms. The van der Waals surface area contributed by atoms with Crippen molar-refractivity contribution in [1.29, 1.82) is 0 Å². The first-order valence-corrected chi connectivity index (χ1v) is 8.08. The van der Waals surface area contributed by atoms with Crippen LogP contribution in [0, 0.1) is 5.92 Å². The first-order chi connectivity index (χ1) is 11.4. The molecule has 0 radical (unpaired) electrons. The van der Waals surface area contributed by atoms with Gasteiger partial charge in [0, 0.05) is 19.6 Å². The summed E-state index contributed by atoms with van der Waals surface area (Å²) in [6.45, 7) is 0.746. The van der Waals surface area contributed by atoms with E-state index in [2.05, 4.69) is 0 Å². The quantitative estimate of drug-likeness (QED) is 0.601. The molecule has 0 amide bonds. The lowest BCUT2D eigenvalue weighted by atomic mass is 9.79. The van der Waals surface area contributed by atoms with Gasteiger partial charge in [0.05, 0.1) is 0 Å². The van der Waals surface area contributed by atoms with Gasteiger partial charge in [-0.2, -0.15) is 26.3 Å². The second-order valence-electron chi connectivity index (χ2n) is 6.64. The van der Waals surface area contributed by atoms with Crippen LogP contribution in [0.15, 0.2) is 0 Å². The zero-order valence-corrected chi connectivity index (χ0v) is 13.4. The molecule has 10 heteroatoms. The molecule has 0 aromatic rings. The van der Waals surface area contributed by atoms with Gasteiger partial charge in [0.15, 0.2) is 5.60 Å². The van der Waals surface area contributed by atoms with E-state index in [1.165, 1.54) is 0 Å². The average molecular weight is 378 g/mol. The van der Waals surface area contributed by atoms with Crippen LogP contribution in [0.1, 0.15) is 44.9 Å². The summed E-state index contributed by atoms with van der Waals surface area (Å²) in [6, 6.07) is 0. The van der Waals surface area contributed by atoms with Crippen molar-refractivity contribution in [2.75, 3.05) is 13.2 Å². The number of carbonyl (C=O) groups is 1. The average Bonchev–Trinajstić information content (AvgIpc) is 2.94. The summed E-state index contributed by atoms with van der Waals surface area (Å²) < 4.78 is 89.2. The smallest absolute Gasteiger partial charge is 0.430 e. The summed E-state index contributed by atoms with van der Waals surface area (Å²) in [4.78, 5) is 12.1. The van der Waals surface area contributed by atoms with E-state index in [0.29, 0.717) is 26.1 Å². The minimum absolute atomic E-state index is 0.000974. The zero-order chi connectivity index (χ0) is 18.9. The molecule has 2 aliphatic rings. The molecule has 2 fully saturated rings. The fraction of sp³-hybridized carbons (Fsp3) is 0.933. The Morgan fingerprint density at radius 1 is 1.04 bits per heavy atom. The van der Waals surface area contributed by atoms with Gasteiger partial charge in [-0.15, -0.1) is 0 Å². The van der Waals surface area contributed by atoms with Crippen molar-refractivity contribution < 1.29 is 45.7 Å². The molecule has 0 bridgehead atoms. The molecule has 1 aliphatic carbocycles. The van der Waals surface area contributed by atoms with Gasteiger partial charge in [0.1, 0.15) is 0 Å². The van der Waals surface area contributed by atoms with Crippen molar-refractivity contribution in [2.24, 2.45) is 5.92 Å². The maximum atomic E-state index is 13.2. The maximum Gasteiger partial charge on any atom is 0.430 e. The lowest BCUT2D eigenvalue weighted by Crippen LogP contribution is -2.71. The summed E-state index contributed by atoms with van der Waals surface area (Å²) in [6.07, 6.45) is -12.8. The summed E-state index contributed by atoms with van der Waals surface area (Å²) >= 11 is 0. The van der Waals surface area contributed by atoms with Gasteiger partial charge in [-0.3, -0.25) is 4.79 Å². The van der Waals surface area contributed by atoms with E-state index in [0.717, 1.165) is 0 Å². The van der Waals surface area contributed by atoms with Crippen molar-refractivity contribution in [3.05, 3.63) is 0 Å². The Bertz CT molecular complexity index is 461. The number of aliphatic hydroxyl groups is 1. The Kier molecular flexibility index (Phi) is 5.63. The highest BCUT2D eigenvalue weighted by atomic mass is 19.4. The molecule has 1 heterocycles. The molecule has 146 valence electrons. The largest absolute Gasteiger partial charge is 0.455 e. The second kappa shape index (κ2) is 6.94. The Labute approximate surface area is 140 Å². The van der Waals surface area contributed by atoms with Crippen LogP contribution in [0.3, 0.4) is 0 Å². The highest BCUT2D eigenvalue weighted by Crippen LogP contribution is 2.56. The highest BCUT2D eigenvalue weighted by molar-refractivity contribution is 5.70. The fourth-order valence-corrected chi connectivity index (χ4v) is 3.61. The van der Waals surface area contributed by atoms with Gasteiger partial charge < -0.3 is 14.6 Å². The monoisotopic (exact) mass is 378 g/mol. The molecule has 0 unspecified atom stereocenters. The van der Waals surface area contributed by atoms with Crippen molar-refractivity contribution in [3.8, 4) is 0 Å². The van der Waals surface area contributed by atoms with Crippen LogP contribution in [0.5, 0.6) is 0 Å². The van der Waals surface area contributed by atoms with E-state index >= 15 is 0 Å². The highest BCUT2D eigenvalue weighted by Gasteiger charge is 2.81. The zero-order valence-electron chi connectivity index (χ0n) is 13.4. The minimum atomic E-state index is -6.02. The first kappa shape index (κ1) is 20.3. The topological polar surface area (TPSA) is 55.8 Å². The SMILES string of the molecule is O=C(CC1CCOCC1)OC1(C(O)(C(F)(F)F)C(F)(F)F)CCCC1. The number of halogens is 6. The molecule has 1 saturated carbocycles. The third-order valence-corrected chi connectivity index (χ3v) is 5.00. The minimum Gasteiger partial charge on any atom is -0.455 e. The Balaban J connectivity index is 2.25. The third-order valence-electron chi connectivity index (χ3n) is 5.00. The van der Waals surface area contributed by atoms with Gasteiger partial charge in [0.2, 0.25) is 0 Å². The standard InChI is InChI=1S/C15H20F6O4/c16-14(17,18)13(23,15(19,20)21)12(5-1-2-6-12)25-11(22)9-10-3-7-24-8-4-10/h10,23H,1-9H2. The van der Waals surface area contributed by atoms with Crippen LogP contribution in [0.25, 0.3) is 0 Å². The van der Waals surface area contributed by atoms with E-state index in [9.17, 15) is 36.2 Å². The Morgan fingerprint density at radius 2 is 1.52 bits per heavy atom. The van der Waals surface area contributed by atoms with Crippen molar-refractivity contribution >= 4 is 5.97 Å². The molecule has 1 N–H and O–H groups in total. The van der Waals surface area contributed by atoms with Crippen molar-refractivity contribution in [3.63, 3.8) is 0 Å². The Morgan fingerprint density at radius 3 is 1.96 bits per heavy atom. The number of hydrogen-bond donors (Lipinski definition) is 1. The summed E-state index contributed by atoms with van der Waals surface area (Å²) in [7, 11) is 0.